The average Bonchev–Trinajstić information content (AvgIpc) is 2.25. The highest BCUT2D eigenvalue weighted by Crippen LogP contribution is 2.28. The van der Waals surface area contributed by atoms with Crippen molar-refractivity contribution in [2.24, 2.45) is 0 Å². The first-order valence-corrected chi connectivity index (χ1v) is 6.09. The average molecular weight is 218 g/mol. The molecule has 0 rings (SSSR count). The van der Waals surface area contributed by atoms with Gasteiger partial charge in [0.2, 0.25) is 0 Å². The van der Waals surface area contributed by atoms with Gasteiger partial charge in [-0.15, -0.1) is 0 Å². The van der Waals surface area contributed by atoms with Crippen molar-refractivity contribution in [3.63, 3.8) is 0 Å². The van der Waals surface area contributed by atoms with Crippen LogP contribution in [0, 0.1) is 0 Å². The molecule has 0 aliphatic rings. The van der Waals surface area contributed by atoms with Crippen molar-refractivity contribution in [1.82, 2.24) is 0 Å². The van der Waals surface area contributed by atoms with Crippen molar-refractivity contribution in [3.05, 3.63) is 0 Å². The van der Waals surface area contributed by atoms with Crippen LogP contribution in [-0.4, -0.2) is 35.1 Å². The van der Waals surface area contributed by atoms with Gasteiger partial charge in [-0.1, -0.05) is 33.6 Å². The summed E-state index contributed by atoms with van der Waals surface area (Å²) in [6, 6.07) is 0. The predicted molar refractivity (Wildman–Crippen MR) is 61.9 cm³/mol. The predicted octanol–water partition coefficient (Wildman–Crippen LogP) is 2.11. The summed E-state index contributed by atoms with van der Waals surface area (Å²) in [7, 11) is 0. The van der Waals surface area contributed by atoms with E-state index in [9.17, 15) is 5.11 Å². The summed E-state index contributed by atoms with van der Waals surface area (Å²) in [5, 5.41) is 19.0. The van der Waals surface area contributed by atoms with E-state index in [1.54, 1.807) is 0 Å². The van der Waals surface area contributed by atoms with E-state index in [-0.39, 0.29) is 6.61 Å². The fraction of sp³-hybridized carbons (Fsp3) is 1.00. The summed E-state index contributed by atoms with van der Waals surface area (Å²) >= 11 is 0. The van der Waals surface area contributed by atoms with E-state index < -0.39 is 11.7 Å². The molecule has 0 heterocycles. The number of aliphatic hydroxyl groups excluding tert-OH is 2. The molecule has 92 valence electrons. The largest absolute Gasteiger partial charge is 0.394 e. The highest BCUT2D eigenvalue weighted by Gasteiger charge is 2.36. The number of aliphatic hydroxyl groups is 2. The number of hydrogen-bond donors (Lipinski definition) is 2. The lowest BCUT2D eigenvalue weighted by atomic mass is 9.87. The molecule has 0 aromatic carbocycles. The van der Waals surface area contributed by atoms with Crippen LogP contribution >= 0.6 is 0 Å². The SMILES string of the molecule is CCCOC(CCC)(CCC)C(O)CO. The van der Waals surface area contributed by atoms with Gasteiger partial charge in [-0.05, 0) is 19.3 Å². The highest BCUT2D eigenvalue weighted by molar-refractivity contribution is 4.87. The molecule has 1 atom stereocenters. The van der Waals surface area contributed by atoms with Crippen LogP contribution in [0.25, 0.3) is 0 Å². The Bertz CT molecular complexity index is 142. The molecule has 1 unspecified atom stereocenters. The van der Waals surface area contributed by atoms with Gasteiger partial charge < -0.3 is 14.9 Å². The molecule has 0 saturated heterocycles. The van der Waals surface area contributed by atoms with E-state index in [2.05, 4.69) is 13.8 Å². The first kappa shape index (κ1) is 14.9. The van der Waals surface area contributed by atoms with Gasteiger partial charge in [0.05, 0.1) is 12.2 Å². The van der Waals surface area contributed by atoms with Gasteiger partial charge in [0.15, 0.2) is 0 Å². The Morgan fingerprint density at radius 3 is 1.93 bits per heavy atom. The number of rotatable bonds is 9. The monoisotopic (exact) mass is 218 g/mol. The third kappa shape index (κ3) is 4.49. The van der Waals surface area contributed by atoms with E-state index in [0.717, 1.165) is 32.1 Å². The molecule has 0 aliphatic heterocycles. The fourth-order valence-electron chi connectivity index (χ4n) is 2.02. The molecule has 2 N–H and O–H groups in total. The molecule has 0 saturated carbocycles. The highest BCUT2D eigenvalue weighted by atomic mass is 16.5. The zero-order valence-corrected chi connectivity index (χ0v) is 10.3. The molecule has 15 heavy (non-hydrogen) atoms. The molecule has 0 amide bonds. The van der Waals surface area contributed by atoms with Crippen LogP contribution in [0.2, 0.25) is 0 Å². The van der Waals surface area contributed by atoms with E-state index in [1.165, 1.54) is 0 Å². The smallest absolute Gasteiger partial charge is 0.106 e. The molecule has 0 aliphatic carbocycles. The van der Waals surface area contributed by atoms with Crippen molar-refractivity contribution in [2.45, 2.75) is 64.6 Å². The van der Waals surface area contributed by atoms with Crippen LogP contribution in [0.15, 0.2) is 0 Å². The maximum absolute atomic E-state index is 9.88. The summed E-state index contributed by atoms with van der Waals surface area (Å²) in [5.74, 6) is 0. The molecular formula is C12H26O3. The molecule has 3 heteroatoms. The Morgan fingerprint density at radius 1 is 1.07 bits per heavy atom. The van der Waals surface area contributed by atoms with Crippen LogP contribution in [0.3, 0.4) is 0 Å². The minimum atomic E-state index is -0.760. The van der Waals surface area contributed by atoms with Crippen molar-refractivity contribution < 1.29 is 14.9 Å². The lowest BCUT2D eigenvalue weighted by Crippen LogP contribution is -2.47. The Balaban J connectivity index is 4.54. The van der Waals surface area contributed by atoms with E-state index in [1.807, 2.05) is 6.92 Å². The van der Waals surface area contributed by atoms with Crippen molar-refractivity contribution in [2.75, 3.05) is 13.2 Å². The summed E-state index contributed by atoms with van der Waals surface area (Å²) in [6.07, 6.45) is 3.71. The molecule has 0 bridgehead atoms. The Hall–Kier alpha value is -0.120. The lowest BCUT2D eigenvalue weighted by Gasteiger charge is -2.37. The maximum Gasteiger partial charge on any atom is 0.106 e. The zero-order valence-electron chi connectivity index (χ0n) is 10.3. The molecule has 0 aromatic heterocycles. The first-order chi connectivity index (χ1) is 7.16. The summed E-state index contributed by atoms with van der Waals surface area (Å²) in [4.78, 5) is 0. The Labute approximate surface area is 93.5 Å². The van der Waals surface area contributed by atoms with Crippen molar-refractivity contribution in [1.29, 1.82) is 0 Å². The number of hydrogen-bond acceptors (Lipinski definition) is 3. The topological polar surface area (TPSA) is 49.7 Å². The van der Waals surface area contributed by atoms with Crippen LogP contribution in [0.5, 0.6) is 0 Å². The molecule has 0 spiro atoms. The van der Waals surface area contributed by atoms with Gasteiger partial charge in [-0.2, -0.15) is 0 Å². The zero-order chi connectivity index (χ0) is 11.7. The Kier molecular flexibility index (Phi) is 8.02. The Morgan fingerprint density at radius 2 is 1.60 bits per heavy atom. The van der Waals surface area contributed by atoms with Crippen LogP contribution in [-0.2, 0) is 4.74 Å². The molecule has 0 radical (unpaired) electrons. The van der Waals surface area contributed by atoms with Crippen LogP contribution in [0.1, 0.15) is 52.9 Å². The van der Waals surface area contributed by atoms with Crippen molar-refractivity contribution >= 4 is 0 Å². The second kappa shape index (κ2) is 8.08. The maximum atomic E-state index is 9.88. The third-order valence-electron chi connectivity index (χ3n) is 2.72. The van der Waals surface area contributed by atoms with Gasteiger partial charge >= 0.3 is 0 Å². The normalized spacial score (nSPS) is 14.2. The molecule has 3 nitrogen and oxygen atoms in total. The lowest BCUT2D eigenvalue weighted by molar-refractivity contribution is -0.146. The summed E-state index contributed by atoms with van der Waals surface area (Å²) in [6.45, 7) is 6.63. The van der Waals surface area contributed by atoms with Crippen molar-refractivity contribution in [3.8, 4) is 0 Å². The van der Waals surface area contributed by atoms with E-state index in [0.29, 0.717) is 6.61 Å². The molecular weight excluding hydrogens is 192 g/mol. The van der Waals surface area contributed by atoms with Gasteiger partial charge in [0.25, 0.3) is 0 Å². The fourth-order valence-corrected chi connectivity index (χ4v) is 2.02. The first-order valence-electron chi connectivity index (χ1n) is 6.09. The van der Waals surface area contributed by atoms with Gasteiger partial charge in [0.1, 0.15) is 6.10 Å². The summed E-state index contributed by atoms with van der Waals surface area (Å²) in [5.41, 5.74) is -0.533. The molecule has 0 fully saturated rings. The van der Waals surface area contributed by atoms with E-state index >= 15 is 0 Å². The third-order valence-corrected chi connectivity index (χ3v) is 2.72. The van der Waals surface area contributed by atoms with Gasteiger partial charge in [0, 0.05) is 6.61 Å². The van der Waals surface area contributed by atoms with Crippen LogP contribution < -0.4 is 0 Å². The van der Waals surface area contributed by atoms with Crippen LogP contribution in [0.4, 0.5) is 0 Å². The minimum absolute atomic E-state index is 0.219. The second-order valence-electron chi connectivity index (χ2n) is 4.11. The van der Waals surface area contributed by atoms with Gasteiger partial charge in [-0.25, -0.2) is 0 Å². The summed E-state index contributed by atoms with van der Waals surface area (Å²) < 4.78 is 5.80. The number of ether oxygens (including phenoxy) is 1. The quantitative estimate of drug-likeness (QED) is 0.623. The molecule has 0 aromatic rings. The van der Waals surface area contributed by atoms with Gasteiger partial charge in [-0.3, -0.25) is 0 Å². The standard InChI is InChI=1S/C12H26O3/c1-4-7-12(8-5-2,11(14)10-13)15-9-6-3/h11,13-14H,4-10H2,1-3H3. The van der Waals surface area contributed by atoms with E-state index in [4.69, 9.17) is 9.84 Å². The minimum Gasteiger partial charge on any atom is -0.394 e. The second-order valence-corrected chi connectivity index (χ2v) is 4.11.